The summed E-state index contributed by atoms with van der Waals surface area (Å²) in [7, 11) is 1.78. The van der Waals surface area contributed by atoms with Crippen LogP contribution < -0.4 is 0 Å². The molecule has 1 rings (SSSR count). The Kier molecular flexibility index (Phi) is 9.58. The van der Waals surface area contributed by atoms with Crippen LogP contribution in [0.25, 0.3) is 0 Å². The van der Waals surface area contributed by atoms with Crippen molar-refractivity contribution in [1.29, 1.82) is 0 Å². The van der Waals surface area contributed by atoms with Crippen LogP contribution >= 0.6 is 8.58 Å². The second kappa shape index (κ2) is 10.6. The lowest BCUT2D eigenvalue weighted by atomic mass is 10.1. The van der Waals surface area contributed by atoms with Crippen molar-refractivity contribution in [1.82, 2.24) is 0 Å². The van der Waals surface area contributed by atoms with Gasteiger partial charge in [-0.3, -0.25) is 0 Å². The summed E-state index contributed by atoms with van der Waals surface area (Å²) in [6.07, 6.45) is 19.3. The van der Waals surface area contributed by atoms with Gasteiger partial charge in [-0.2, -0.15) is 0 Å². The van der Waals surface area contributed by atoms with E-state index in [0.717, 1.165) is 5.66 Å². The lowest BCUT2D eigenvalue weighted by molar-refractivity contribution is 0.586. The van der Waals surface area contributed by atoms with Gasteiger partial charge in [0.25, 0.3) is 0 Å². The zero-order valence-corrected chi connectivity index (χ0v) is 12.1. The minimum atomic E-state index is 1.09. The van der Waals surface area contributed by atoms with E-state index in [9.17, 15) is 0 Å². The SMILES string of the molecule is CCCCCCCCCC[P]C1CCCC1. The first-order valence-electron chi connectivity index (χ1n) is 7.60. The highest BCUT2D eigenvalue weighted by Gasteiger charge is 2.14. The standard InChI is InChI=1S/C15H30P/c1-2-3-4-5-6-7-8-11-14-16-15-12-9-10-13-15/h15H,2-14H2,1H3. The molecule has 0 atom stereocenters. The van der Waals surface area contributed by atoms with Crippen LogP contribution in [0, 0.1) is 0 Å². The molecular weight excluding hydrogens is 211 g/mol. The third kappa shape index (κ3) is 7.66. The molecule has 0 bridgehead atoms. The Morgan fingerprint density at radius 1 is 0.812 bits per heavy atom. The second-order valence-electron chi connectivity index (χ2n) is 5.32. The first-order valence-corrected chi connectivity index (χ1v) is 8.75. The fourth-order valence-corrected chi connectivity index (χ4v) is 4.11. The van der Waals surface area contributed by atoms with Crippen LogP contribution in [-0.4, -0.2) is 11.8 Å². The van der Waals surface area contributed by atoms with E-state index in [-0.39, 0.29) is 0 Å². The molecule has 0 aliphatic heterocycles. The molecule has 1 aliphatic rings. The van der Waals surface area contributed by atoms with E-state index in [2.05, 4.69) is 6.92 Å². The molecule has 0 unspecified atom stereocenters. The van der Waals surface area contributed by atoms with Crippen LogP contribution in [0.3, 0.4) is 0 Å². The second-order valence-corrected chi connectivity index (χ2v) is 6.86. The highest BCUT2D eigenvalue weighted by Crippen LogP contribution is 2.34. The topological polar surface area (TPSA) is 0 Å². The Labute approximate surface area is 105 Å². The molecule has 95 valence electrons. The highest BCUT2D eigenvalue weighted by molar-refractivity contribution is 7.38. The molecule has 0 spiro atoms. The molecule has 0 N–H and O–H groups in total. The number of hydrogen-bond donors (Lipinski definition) is 0. The average molecular weight is 241 g/mol. The maximum atomic E-state index is 2.29. The summed E-state index contributed by atoms with van der Waals surface area (Å²) in [6.45, 7) is 2.29. The van der Waals surface area contributed by atoms with Crippen molar-refractivity contribution < 1.29 is 0 Å². The molecule has 0 aromatic rings. The van der Waals surface area contributed by atoms with Gasteiger partial charge in [0.05, 0.1) is 0 Å². The van der Waals surface area contributed by atoms with Crippen LogP contribution in [0.15, 0.2) is 0 Å². The molecule has 1 heteroatoms. The van der Waals surface area contributed by atoms with Gasteiger partial charge in [0.15, 0.2) is 0 Å². The summed E-state index contributed by atoms with van der Waals surface area (Å²) in [4.78, 5) is 0. The minimum absolute atomic E-state index is 1.09. The molecule has 1 saturated carbocycles. The van der Waals surface area contributed by atoms with E-state index >= 15 is 0 Å². The summed E-state index contributed by atoms with van der Waals surface area (Å²) in [5.74, 6) is 0. The monoisotopic (exact) mass is 241 g/mol. The van der Waals surface area contributed by atoms with Gasteiger partial charge in [-0.25, -0.2) is 0 Å². The largest absolute Gasteiger partial charge is 0.0775 e. The Balaban J connectivity index is 1.71. The smallest absolute Gasteiger partial charge is 0.0170 e. The summed E-state index contributed by atoms with van der Waals surface area (Å²) in [5.41, 5.74) is 1.09. The van der Waals surface area contributed by atoms with Gasteiger partial charge in [0.2, 0.25) is 0 Å². The molecule has 0 nitrogen and oxygen atoms in total. The van der Waals surface area contributed by atoms with Gasteiger partial charge in [-0.05, 0) is 31.1 Å². The zero-order valence-electron chi connectivity index (χ0n) is 11.2. The molecule has 16 heavy (non-hydrogen) atoms. The quantitative estimate of drug-likeness (QED) is 0.324. The summed E-state index contributed by atoms with van der Waals surface area (Å²) < 4.78 is 0. The van der Waals surface area contributed by atoms with Crippen LogP contribution in [0.4, 0.5) is 0 Å². The maximum absolute atomic E-state index is 2.29. The molecule has 0 aromatic carbocycles. The Hall–Kier alpha value is 0.430. The first-order chi connectivity index (χ1) is 7.93. The van der Waals surface area contributed by atoms with Crippen molar-refractivity contribution in [2.75, 3.05) is 6.16 Å². The Bertz CT molecular complexity index is 138. The number of rotatable bonds is 10. The van der Waals surface area contributed by atoms with Gasteiger partial charge in [-0.15, -0.1) is 0 Å². The maximum Gasteiger partial charge on any atom is -0.0170 e. The summed E-state index contributed by atoms with van der Waals surface area (Å²) in [6, 6.07) is 0. The van der Waals surface area contributed by atoms with E-state index in [1.807, 2.05) is 0 Å². The van der Waals surface area contributed by atoms with E-state index in [4.69, 9.17) is 0 Å². The van der Waals surface area contributed by atoms with Gasteiger partial charge in [-0.1, -0.05) is 73.3 Å². The van der Waals surface area contributed by atoms with Crippen molar-refractivity contribution in [3.05, 3.63) is 0 Å². The summed E-state index contributed by atoms with van der Waals surface area (Å²) in [5, 5.41) is 0. The first kappa shape index (κ1) is 14.5. The molecule has 1 radical (unpaired) electrons. The van der Waals surface area contributed by atoms with Crippen molar-refractivity contribution in [3.8, 4) is 0 Å². The van der Waals surface area contributed by atoms with Gasteiger partial charge in [0, 0.05) is 0 Å². The van der Waals surface area contributed by atoms with E-state index in [0.29, 0.717) is 0 Å². The average Bonchev–Trinajstić information content (AvgIpc) is 2.80. The predicted molar refractivity (Wildman–Crippen MR) is 76.7 cm³/mol. The molecule has 0 amide bonds. The molecule has 1 fully saturated rings. The molecule has 0 aromatic heterocycles. The van der Waals surface area contributed by atoms with E-state index < -0.39 is 0 Å². The van der Waals surface area contributed by atoms with Crippen molar-refractivity contribution >= 4 is 8.58 Å². The fourth-order valence-electron chi connectivity index (χ4n) is 2.61. The third-order valence-corrected chi connectivity index (χ3v) is 5.33. The summed E-state index contributed by atoms with van der Waals surface area (Å²) >= 11 is 0. The Morgan fingerprint density at radius 3 is 2.00 bits per heavy atom. The third-order valence-electron chi connectivity index (χ3n) is 3.72. The van der Waals surface area contributed by atoms with Crippen LogP contribution in [0.5, 0.6) is 0 Å². The number of hydrogen-bond acceptors (Lipinski definition) is 0. The van der Waals surface area contributed by atoms with E-state index in [1.165, 1.54) is 83.2 Å². The molecule has 0 saturated heterocycles. The zero-order chi connectivity index (χ0) is 11.5. The van der Waals surface area contributed by atoms with Crippen molar-refractivity contribution in [2.24, 2.45) is 0 Å². The normalized spacial score (nSPS) is 17.8. The van der Waals surface area contributed by atoms with Crippen LogP contribution in [0.1, 0.15) is 84.0 Å². The molecule has 1 aliphatic carbocycles. The van der Waals surface area contributed by atoms with Crippen LogP contribution in [-0.2, 0) is 0 Å². The number of unbranched alkanes of at least 4 members (excludes halogenated alkanes) is 7. The lowest BCUT2D eigenvalue weighted by Crippen LogP contribution is -1.92. The Morgan fingerprint density at radius 2 is 1.38 bits per heavy atom. The van der Waals surface area contributed by atoms with Crippen molar-refractivity contribution in [3.63, 3.8) is 0 Å². The van der Waals surface area contributed by atoms with Gasteiger partial charge in [0.1, 0.15) is 0 Å². The van der Waals surface area contributed by atoms with Crippen molar-refractivity contribution in [2.45, 2.75) is 89.6 Å². The molecular formula is C15H30P. The minimum Gasteiger partial charge on any atom is -0.0775 e. The fraction of sp³-hybridized carbons (Fsp3) is 1.00. The lowest BCUT2D eigenvalue weighted by Gasteiger charge is -2.07. The van der Waals surface area contributed by atoms with Gasteiger partial charge >= 0.3 is 0 Å². The van der Waals surface area contributed by atoms with Crippen LogP contribution in [0.2, 0.25) is 0 Å². The highest BCUT2D eigenvalue weighted by atomic mass is 31.1. The van der Waals surface area contributed by atoms with Gasteiger partial charge < -0.3 is 0 Å². The molecule has 0 heterocycles. The van der Waals surface area contributed by atoms with E-state index in [1.54, 1.807) is 8.58 Å². The predicted octanol–water partition coefficient (Wildman–Crippen LogP) is 6.02.